The Labute approximate surface area is 131 Å². The maximum atomic E-state index is 11.7. The Balaban J connectivity index is 2.12. The van der Waals surface area contributed by atoms with Crippen molar-refractivity contribution in [2.45, 2.75) is 19.9 Å². The second-order valence-corrected chi connectivity index (χ2v) is 6.13. The third kappa shape index (κ3) is 3.61. The van der Waals surface area contributed by atoms with E-state index in [0.717, 1.165) is 10.2 Å². The van der Waals surface area contributed by atoms with Gasteiger partial charge in [-0.1, -0.05) is 6.07 Å². The van der Waals surface area contributed by atoms with Crippen LogP contribution < -0.4 is 5.32 Å². The standard InChI is InChI=1S/C15H16BrNO2S/c1-3-19-15(18)11-6-7-13(12(16)9-11)17-10(2)14-5-4-8-20-14/h4-10,17H,3H2,1-2H3. The van der Waals surface area contributed by atoms with Gasteiger partial charge in [0.1, 0.15) is 0 Å². The first-order chi connectivity index (χ1) is 9.61. The Hall–Kier alpha value is -1.33. The molecule has 0 radical (unpaired) electrons. The third-order valence-corrected chi connectivity index (χ3v) is 4.53. The molecule has 0 aliphatic carbocycles. The molecule has 5 heteroatoms. The maximum absolute atomic E-state index is 11.7. The average molecular weight is 354 g/mol. The lowest BCUT2D eigenvalue weighted by atomic mass is 10.2. The van der Waals surface area contributed by atoms with Gasteiger partial charge in [-0.25, -0.2) is 4.79 Å². The third-order valence-electron chi connectivity index (χ3n) is 2.82. The predicted octanol–water partition coefficient (Wildman–Crippen LogP) is 4.86. The highest BCUT2D eigenvalue weighted by molar-refractivity contribution is 9.10. The minimum absolute atomic E-state index is 0.222. The predicted molar refractivity (Wildman–Crippen MR) is 86.5 cm³/mol. The van der Waals surface area contributed by atoms with Gasteiger partial charge in [-0.3, -0.25) is 0 Å². The van der Waals surface area contributed by atoms with Gasteiger partial charge in [0.05, 0.1) is 18.2 Å². The molecule has 20 heavy (non-hydrogen) atoms. The number of ether oxygens (including phenoxy) is 1. The van der Waals surface area contributed by atoms with Crippen LogP contribution in [0.2, 0.25) is 0 Å². The number of halogens is 1. The second-order valence-electron chi connectivity index (χ2n) is 4.30. The minimum atomic E-state index is -0.300. The Morgan fingerprint density at radius 2 is 2.25 bits per heavy atom. The normalized spacial score (nSPS) is 11.9. The molecule has 0 bridgehead atoms. The van der Waals surface area contributed by atoms with Gasteiger partial charge in [0, 0.05) is 15.0 Å². The van der Waals surface area contributed by atoms with Crippen LogP contribution in [0.1, 0.15) is 35.1 Å². The van der Waals surface area contributed by atoms with E-state index in [1.54, 1.807) is 30.4 Å². The molecular formula is C15H16BrNO2S. The summed E-state index contributed by atoms with van der Waals surface area (Å²) in [5.74, 6) is -0.300. The van der Waals surface area contributed by atoms with Gasteiger partial charge in [-0.05, 0) is 59.4 Å². The summed E-state index contributed by atoms with van der Waals surface area (Å²) < 4.78 is 5.84. The van der Waals surface area contributed by atoms with Crippen molar-refractivity contribution in [1.82, 2.24) is 0 Å². The van der Waals surface area contributed by atoms with Crippen molar-refractivity contribution in [2.75, 3.05) is 11.9 Å². The maximum Gasteiger partial charge on any atom is 0.338 e. The van der Waals surface area contributed by atoms with Gasteiger partial charge in [-0.2, -0.15) is 0 Å². The molecule has 0 saturated heterocycles. The van der Waals surface area contributed by atoms with E-state index in [-0.39, 0.29) is 12.0 Å². The first kappa shape index (κ1) is 15.1. The molecule has 1 unspecified atom stereocenters. The summed E-state index contributed by atoms with van der Waals surface area (Å²) in [5, 5.41) is 5.48. The van der Waals surface area contributed by atoms with Crippen molar-refractivity contribution in [2.24, 2.45) is 0 Å². The zero-order valence-corrected chi connectivity index (χ0v) is 13.8. The van der Waals surface area contributed by atoms with Crippen LogP contribution in [0.4, 0.5) is 5.69 Å². The van der Waals surface area contributed by atoms with Gasteiger partial charge in [0.25, 0.3) is 0 Å². The molecule has 0 amide bonds. The summed E-state index contributed by atoms with van der Waals surface area (Å²) >= 11 is 5.21. The number of nitrogens with one attached hydrogen (secondary N) is 1. The van der Waals surface area contributed by atoms with Crippen molar-refractivity contribution < 1.29 is 9.53 Å². The van der Waals surface area contributed by atoms with Crippen LogP contribution in [0, 0.1) is 0 Å². The molecule has 1 aromatic heterocycles. The average Bonchev–Trinajstić information content (AvgIpc) is 2.95. The van der Waals surface area contributed by atoms with Crippen LogP contribution in [0.3, 0.4) is 0 Å². The van der Waals surface area contributed by atoms with Gasteiger partial charge >= 0.3 is 5.97 Å². The fraction of sp³-hybridized carbons (Fsp3) is 0.267. The first-order valence-corrected chi connectivity index (χ1v) is 8.05. The monoisotopic (exact) mass is 353 g/mol. The first-order valence-electron chi connectivity index (χ1n) is 6.38. The molecule has 0 aliphatic heterocycles. The SMILES string of the molecule is CCOC(=O)c1ccc(NC(C)c2cccs2)c(Br)c1. The number of hydrogen-bond acceptors (Lipinski definition) is 4. The number of rotatable bonds is 5. The molecule has 1 aromatic carbocycles. The van der Waals surface area contributed by atoms with Crippen LogP contribution in [0.5, 0.6) is 0 Å². The smallest absolute Gasteiger partial charge is 0.338 e. The summed E-state index contributed by atoms with van der Waals surface area (Å²) in [7, 11) is 0. The Kier molecular flexibility index (Phi) is 5.20. The fourth-order valence-corrected chi connectivity index (χ4v) is 3.04. The molecule has 2 aromatic rings. The van der Waals surface area contributed by atoms with Crippen LogP contribution in [-0.2, 0) is 4.74 Å². The molecule has 1 N–H and O–H groups in total. The molecule has 2 rings (SSSR count). The number of benzene rings is 1. The molecule has 106 valence electrons. The number of carbonyl (C=O) groups excluding carboxylic acids is 1. The lowest BCUT2D eigenvalue weighted by molar-refractivity contribution is 0.0526. The quantitative estimate of drug-likeness (QED) is 0.780. The number of anilines is 1. The van der Waals surface area contributed by atoms with E-state index in [4.69, 9.17) is 4.74 Å². The Bertz CT molecular complexity index is 584. The van der Waals surface area contributed by atoms with Gasteiger partial charge in [-0.15, -0.1) is 11.3 Å². The largest absolute Gasteiger partial charge is 0.462 e. The molecule has 0 aliphatic rings. The van der Waals surface area contributed by atoms with Gasteiger partial charge in [0.15, 0.2) is 0 Å². The summed E-state index contributed by atoms with van der Waals surface area (Å²) in [4.78, 5) is 12.9. The summed E-state index contributed by atoms with van der Waals surface area (Å²) in [6.07, 6.45) is 0. The van der Waals surface area contributed by atoms with Crippen molar-refractivity contribution in [3.05, 3.63) is 50.6 Å². The molecule has 1 atom stereocenters. The number of carbonyl (C=O) groups is 1. The van der Waals surface area contributed by atoms with Crippen molar-refractivity contribution in [1.29, 1.82) is 0 Å². The number of thiophene rings is 1. The van der Waals surface area contributed by atoms with Crippen LogP contribution >= 0.6 is 27.3 Å². The Morgan fingerprint density at radius 3 is 2.85 bits per heavy atom. The zero-order chi connectivity index (χ0) is 14.5. The molecule has 0 saturated carbocycles. The molecule has 0 fully saturated rings. The van der Waals surface area contributed by atoms with Crippen molar-refractivity contribution in [3.8, 4) is 0 Å². The molecule has 1 heterocycles. The van der Waals surface area contributed by atoms with Crippen LogP contribution in [-0.4, -0.2) is 12.6 Å². The molecule has 3 nitrogen and oxygen atoms in total. The van der Waals surface area contributed by atoms with Crippen molar-refractivity contribution >= 4 is 38.9 Å². The highest BCUT2D eigenvalue weighted by atomic mass is 79.9. The lowest BCUT2D eigenvalue weighted by Crippen LogP contribution is -2.07. The van der Waals surface area contributed by atoms with Gasteiger partial charge < -0.3 is 10.1 Å². The van der Waals surface area contributed by atoms with Crippen LogP contribution in [0.25, 0.3) is 0 Å². The number of hydrogen-bond donors (Lipinski definition) is 1. The second kappa shape index (κ2) is 6.90. The van der Waals surface area contributed by atoms with E-state index in [0.29, 0.717) is 12.2 Å². The van der Waals surface area contributed by atoms with E-state index >= 15 is 0 Å². The minimum Gasteiger partial charge on any atom is -0.462 e. The highest BCUT2D eigenvalue weighted by Gasteiger charge is 2.12. The van der Waals surface area contributed by atoms with Gasteiger partial charge in [0.2, 0.25) is 0 Å². The fourth-order valence-electron chi connectivity index (χ4n) is 1.82. The van der Waals surface area contributed by atoms with Crippen LogP contribution in [0.15, 0.2) is 40.2 Å². The van der Waals surface area contributed by atoms with E-state index in [2.05, 4.69) is 39.6 Å². The van der Waals surface area contributed by atoms with Crippen molar-refractivity contribution in [3.63, 3.8) is 0 Å². The zero-order valence-electron chi connectivity index (χ0n) is 11.4. The molecule has 0 spiro atoms. The van der Waals surface area contributed by atoms with E-state index in [9.17, 15) is 4.79 Å². The highest BCUT2D eigenvalue weighted by Crippen LogP contribution is 2.29. The topological polar surface area (TPSA) is 38.3 Å². The summed E-state index contributed by atoms with van der Waals surface area (Å²) in [6.45, 7) is 4.29. The lowest BCUT2D eigenvalue weighted by Gasteiger charge is -2.15. The van der Waals surface area contributed by atoms with E-state index < -0.39 is 0 Å². The Morgan fingerprint density at radius 1 is 1.45 bits per heavy atom. The number of esters is 1. The molecular weight excluding hydrogens is 338 g/mol. The van der Waals surface area contributed by atoms with E-state index in [1.165, 1.54) is 4.88 Å². The summed E-state index contributed by atoms with van der Waals surface area (Å²) in [5.41, 5.74) is 1.51. The summed E-state index contributed by atoms with van der Waals surface area (Å²) in [6, 6.07) is 9.80. The van der Waals surface area contributed by atoms with E-state index in [1.807, 2.05) is 12.1 Å².